The maximum atomic E-state index is 12.2. The Labute approximate surface area is 131 Å². The normalized spacial score (nSPS) is 26.0. The molecule has 3 rings (SSSR count). The van der Waals surface area contributed by atoms with E-state index in [0.29, 0.717) is 17.9 Å². The van der Waals surface area contributed by atoms with Gasteiger partial charge in [0.2, 0.25) is 5.91 Å². The van der Waals surface area contributed by atoms with Gasteiger partial charge in [-0.2, -0.15) is 0 Å². The molecule has 2 aliphatic carbocycles. The standard InChI is InChI=1S/C18H24N2O2/c1-20(2)18(22)13-5-7-16(8-6-13)19-17(21)11-15-10-12-3-4-14(15)9-12/h5-8,12,14-15H,3-4,9-11H2,1-2H3,(H,19,21). The third-order valence-electron chi connectivity index (χ3n) is 5.15. The number of carbonyl (C=O) groups excluding carboxylic acids is 2. The first-order chi connectivity index (χ1) is 10.5. The van der Waals surface area contributed by atoms with Crippen LogP contribution in [0.3, 0.4) is 0 Å². The van der Waals surface area contributed by atoms with Crippen LogP contribution in [0, 0.1) is 17.8 Å². The molecule has 3 atom stereocenters. The number of fused-ring (bicyclic) bond motifs is 2. The summed E-state index contributed by atoms with van der Waals surface area (Å²) in [6.07, 6.45) is 5.88. The zero-order valence-electron chi connectivity index (χ0n) is 13.3. The molecule has 1 N–H and O–H groups in total. The minimum absolute atomic E-state index is 0.0279. The summed E-state index contributed by atoms with van der Waals surface area (Å²) in [5.74, 6) is 2.30. The van der Waals surface area contributed by atoms with Gasteiger partial charge >= 0.3 is 0 Å². The Morgan fingerprint density at radius 1 is 1.14 bits per heavy atom. The highest BCUT2D eigenvalue weighted by Crippen LogP contribution is 2.49. The lowest BCUT2D eigenvalue weighted by Crippen LogP contribution is -2.22. The van der Waals surface area contributed by atoms with Crippen LogP contribution in [0.5, 0.6) is 0 Å². The number of benzene rings is 1. The summed E-state index contributed by atoms with van der Waals surface area (Å²) < 4.78 is 0. The molecule has 4 nitrogen and oxygen atoms in total. The van der Waals surface area contributed by atoms with Crippen LogP contribution < -0.4 is 5.32 Å². The molecule has 2 bridgehead atoms. The van der Waals surface area contributed by atoms with Crippen LogP contribution in [-0.4, -0.2) is 30.8 Å². The fraction of sp³-hybridized carbons (Fsp3) is 0.556. The summed E-state index contributed by atoms with van der Waals surface area (Å²) in [7, 11) is 3.46. The van der Waals surface area contributed by atoms with Crippen molar-refractivity contribution in [2.75, 3.05) is 19.4 Å². The summed E-state index contributed by atoms with van der Waals surface area (Å²) in [6, 6.07) is 7.12. The highest BCUT2D eigenvalue weighted by Gasteiger charge is 2.40. The Morgan fingerprint density at radius 3 is 2.41 bits per heavy atom. The molecule has 1 aromatic carbocycles. The fourth-order valence-electron chi connectivity index (χ4n) is 4.03. The average molecular weight is 300 g/mol. The van der Waals surface area contributed by atoms with E-state index < -0.39 is 0 Å². The predicted octanol–water partition coefficient (Wildman–Crippen LogP) is 3.15. The molecule has 4 heteroatoms. The van der Waals surface area contributed by atoms with Crippen LogP contribution >= 0.6 is 0 Å². The number of nitrogens with zero attached hydrogens (tertiary/aromatic N) is 1. The first-order valence-corrected chi connectivity index (χ1v) is 8.14. The average Bonchev–Trinajstić information content (AvgIpc) is 3.09. The number of anilines is 1. The number of amides is 2. The lowest BCUT2D eigenvalue weighted by atomic mass is 9.86. The Morgan fingerprint density at radius 2 is 1.86 bits per heavy atom. The molecule has 2 saturated carbocycles. The molecular weight excluding hydrogens is 276 g/mol. The van der Waals surface area contributed by atoms with Crippen molar-refractivity contribution in [1.82, 2.24) is 4.90 Å². The maximum Gasteiger partial charge on any atom is 0.253 e. The van der Waals surface area contributed by atoms with Crippen molar-refractivity contribution in [2.24, 2.45) is 17.8 Å². The molecule has 118 valence electrons. The number of rotatable bonds is 4. The van der Waals surface area contributed by atoms with Crippen molar-refractivity contribution < 1.29 is 9.59 Å². The van der Waals surface area contributed by atoms with Crippen LogP contribution in [0.15, 0.2) is 24.3 Å². The molecule has 1 aromatic rings. The van der Waals surface area contributed by atoms with Crippen molar-refractivity contribution in [3.8, 4) is 0 Å². The van der Waals surface area contributed by atoms with E-state index in [1.54, 1.807) is 43.3 Å². The molecule has 0 spiro atoms. The van der Waals surface area contributed by atoms with E-state index >= 15 is 0 Å². The van der Waals surface area contributed by atoms with Gasteiger partial charge in [0.25, 0.3) is 5.91 Å². The van der Waals surface area contributed by atoms with Gasteiger partial charge in [-0.25, -0.2) is 0 Å². The second-order valence-electron chi connectivity index (χ2n) is 6.96. The molecule has 0 aromatic heterocycles. The van der Waals surface area contributed by atoms with Gasteiger partial charge < -0.3 is 10.2 Å². The van der Waals surface area contributed by atoms with E-state index in [9.17, 15) is 9.59 Å². The lowest BCUT2D eigenvalue weighted by molar-refractivity contribution is -0.117. The van der Waals surface area contributed by atoms with Gasteiger partial charge in [0.1, 0.15) is 0 Å². The minimum Gasteiger partial charge on any atom is -0.345 e. The molecule has 0 radical (unpaired) electrons. The van der Waals surface area contributed by atoms with E-state index in [-0.39, 0.29) is 11.8 Å². The summed E-state index contributed by atoms with van der Waals surface area (Å²) in [6.45, 7) is 0. The van der Waals surface area contributed by atoms with E-state index in [1.165, 1.54) is 25.7 Å². The number of nitrogens with one attached hydrogen (secondary N) is 1. The molecule has 2 fully saturated rings. The molecule has 0 heterocycles. The largest absolute Gasteiger partial charge is 0.345 e. The maximum absolute atomic E-state index is 12.2. The van der Waals surface area contributed by atoms with Gasteiger partial charge in [0.05, 0.1) is 0 Å². The molecule has 0 saturated heterocycles. The fourth-order valence-corrected chi connectivity index (χ4v) is 4.03. The molecule has 2 aliphatic rings. The molecular formula is C18H24N2O2. The van der Waals surface area contributed by atoms with Crippen molar-refractivity contribution in [2.45, 2.75) is 32.1 Å². The Hall–Kier alpha value is -1.84. The second kappa shape index (κ2) is 6.11. The summed E-state index contributed by atoms with van der Waals surface area (Å²) >= 11 is 0. The third kappa shape index (κ3) is 3.16. The van der Waals surface area contributed by atoms with Crippen molar-refractivity contribution >= 4 is 17.5 Å². The highest BCUT2D eigenvalue weighted by atomic mass is 16.2. The molecule has 22 heavy (non-hydrogen) atoms. The summed E-state index contributed by atoms with van der Waals surface area (Å²) in [5.41, 5.74) is 1.40. The van der Waals surface area contributed by atoms with Gasteiger partial charge in [-0.05, 0) is 61.3 Å². The van der Waals surface area contributed by atoms with Crippen LogP contribution in [0.2, 0.25) is 0 Å². The quantitative estimate of drug-likeness (QED) is 0.928. The number of hydrogen-bond donors (Lipinski definition) is 1. The Balaban J connectivity index is 1.54. The van der Waals surface area contributed by atoms with Gasteiger partial charge in [0.15, 0.2) is 0 Å². The Bertz CT molecular complexity index is 565. The number of carbonyl (C=O) groups is 2. The van der Waals surface area contributed by atoms with Crippen molar-refractivity contribution in [3.63, 3.8) is 0 Å². The minimum atomic E-state index is -0.0279. The van der Waals surface area contributed by atoms with Crippen molar-refractivity contribution in [3.05, 3.63) is 29.8 Å². The number of hydrogen-bond acceptors (Lipinski definition) is 2. The first kappa shape index (κ1) is 15.1. The van der Waals surface area contributed by atoms with E-state index in [2.05, 4.69) is 5.32 Å². The van der Waals surface area contributed by atoms with Gasteiger partial charge in [0, 0.05) is 31.8 Å². The smallest absolute Gasteiger partial charge is 0.253 e. The highest BCUT2D eigenvalue weighted by molar-refractivity contribution is 5.95. The third-order valence-corrected chi connectivity index (χ3v) is 5.15. The zero-order valence-corrected chi connectivity index (χ0v) is 13.3. The lowest BCUT2D eigenvalue weighted by Gasteiger charge is -2.20. The topological polar surface area (TPSA) is 49.4 Å². The van der Waals surface area contributed by atoms with Crippen LogP contribution in [0.4, 0.5) is 5.69 Å². The second-order valence-corrected chi connectivity index (χ2v) is 6.96. The zero-order chi connectivity index (χ0) is 15.7. The van der Waals surface area contributed by atoms with Crippen LogP contribution in [0.1, 0.15) is 42.5 Å². The van der Waals surface area contributed by atoms with Crippen molar-refractivity contribution in [1.29, 1.82) is 0 Å². The van der Waals surface area contributed by atoms with Gasteiger partial charge in [-0.3, -0.25) is 9.59 Å². The predicted molar refractivity (Wildman–Crippen MR) is 86.6 cm³/mol. The molecule has 2 amide bonds. The van der Waals surface area contributed by atoms with E-state index in [4.69, 9.17) is 0 Å². The Kier molecular flexibility index (Phi) is 4.19. The summed E-state index contributed by atoms with van der Waals surface area (Å²) in [5, 5.41) is 2.96. The summed E-state index contributed by atoms with van der Waals surface area (Å²) in [4.78, 5) is 25.5. The van der Waals surface area contributed by atoms with E-state index in [1.807, 2.05) is 0 Å². The van der Waals surface area contributed by atoms with E-state index in [0.717, 1.165) is 17.5 Å². The van der Waals surface area contributed by atoms with Gasteiger partial charge in [-0.1, -0.05) is 6.42 Å². The van der Waals surface area contributed by atoms with Gasteiger partial charge in [-0.15, -0.1) is 0 Å². The molecule has 3 unspecified atom stereocenters. The SMILES string of the molecule is CN(C)C(=O)c1ccc(NC(=O)CC2CC3CCC2C3)cc1. The van der Waals surface area contributed by atoms with Crippen LogP contribution in [-0.2, 0) is 4.79 Å². The first-order valence-electron chi connectivity index (χ1n) is 8.14. The van der Waals surface area contributed by atoms with Crippen LogP contribution in [0.25, 0.3) is 0 Å². The monoisotopic (exact) mass is 300 g/mol. The molecule has 0 aliphatic heterocycles.